The molecule has 0 N–H and O–H groups in total. The highest BCUT2D eigenvalue weighted by Crippen LogP contribution is 2.49. The Labute approximate surface area is 141 Å². The molecule has 0 bridgehead atoms. The van der Waals surface area contributed by atoms with Crippen LogP contribution in [-0.4, -0.2) is 39.2 Å². The molecule has 4 rings (SSSR count). The van der Waals surface area contributed by atoms with E-state index >= 15 is 0 Å². The Morgan fingerprint density at radius 3 is 2.75 bits per heavy atom. The summed E-state index contributed by atoms with van der Waals surface area (Å²) < 4.78 is 7.34. The Balaban J connectivity index is 1.42. The maximum absolute atomic E-state index is 12.8. The molecule has 1 aliphatic heterocycles. The Kier molecular flexibility index (Phi) is 3.75. The first-order valence-electron chi connectivity index (χ1n) is 8.55. The van der Waals surface area contributed by atoms with E-state index in [-0.39, 0.29) is 11.8 Å². The van der Waals surface area contributed by atoms with E-state index in [9.17, 15) is 4.79 Å². The molecule has 126 valence electrons. The summed E-state index contributed by atoms with van der Waals surface area (Å²) in [6.45, 7) is 4.22. The van der Waals surface area contributed by atoms with E-state index in [1.165, 1.54) is 5.56 Å². The van der Waals surface area contributed by atoms with Gasteiger partial charge in [0.2, 0.25) is 5.91 Å². The topological polar surface area (TPSA) is 60.2 Å². The van der Waals surface area contributed by atoms with Crippen LogP contribution in [0.4, 0.5) is 0 Å². The van der Waals surface area contributed by atoms with E-state index in [1.807, 2.05) is 17.0 Å². The number of hydrogen-bond donors (Lipinski definition) is 0. The zero-order valence-corrected chi connectivity index (χ0v) is 14.1. The predicted octanol–water partition coefficient (Wildman–Crippen LogP) is 2.00. The highest BCUT2D eigenvalue weighted by Gasteiger charge is 2.46. The number of aryl methyl sites for hydroxylation is 1. The number of aromatic nitrogens is 3. The van der Waals surface area contributed by atoms with Crippen molar-refractivity contribution in [1.29, 1.82) is 0 Å². The summed E-state index contributed by atoms with van der Waals surface area (Å²) in [4.78, 5) is 14.7. The third-order valence-corrected chi connectivity index (χ3v) is 5.11. The number of nitrogens with zero attached hydrogens (tertiary/aromatic N) is 4. The number of methoxy groups -OCH3 is 1. The van der Waals surface area contributed by atoms with Gasteiger partial charge in [0.1, 0.15) is 11.6 Å². The second-order valence-corrected chi connectivity index (χ2v) is 6.52. The van der Waals surface area contributed by atoms with Crippen molar-refractivity contribution in [3.8, 4) is 5.75 Å². The molecule has 0 spiro atoms. The van der Waals surface area contributed by atoms with E-state index in [0.717, 1.165) is 43.3 Å². The number of amides is 1. The standard InChI is InChI=1S/C18H22N4O2/c1-3-16-19-20-17-11-21(8-9-22(16)17)18(23)15-10-14(15)12-4-6-13(24-2)7-5-12/h4-7,14-15H,3,8-11H2,1-2H3/t14-,15-/m0/s1. The van der Waals surface area contributed by atoms with Crippen LogP contribution in [0.3, 0.4) is 0 Å². The van der Waals surface area contributed by atoms with Crippen molar-refractivity contribution in [1.82, 2.24) is 19.7 Å². The molecule has 6 nitrogen and oxygen atoms in total. The van der Waals surface area contributed by atoms with Gasteiger partial charge in [-0.25, -0.2) is 0 Å². The molecule has 2 aromatic rings. The predicted molar refractivity (Wildman–Crippen MR) is 88.7 cm³/mol. The normalized spacial score (nSPS) is 22.2. The summed E-state index contributed by atoms with van der Waals surface area (Å²) in [6.07, 6.45) is 1.82. The maximum Gasteiger partial charge on any atom is 0.226 e. The fourth-order valence-corrected chi connectivity index (χ4v) is 3.59. The van der Waals surface area contributed by atoms with E-state index in [1.54, 1.807) is 7.11 Å². The van der Waals surface area contributed by atoms with Crippen LogP contribution in [0.5, 0.6) is 5.75 Å². The summed E-state index contributed by atoms with van der Waals surface area (Å²) in [5.41, 5.74) is 1.22. The Bertz CT molecular complexity index is 753. The van der Waals surface area contributed by atoms with Crippen LogP contribution in [0.15, 0.2) is 24.3 Å². The number of rotatable bonds is 4. The van der Waals surface area contributed by atoms with E-state index in [0.29, 0.717) is 12.5 Å². The number of fused-ring (bicyclic) bond motifs is 1. The molecule has 1 aliphatic carbocycles. The van der Waals surface area contributed by atoms with Crippen molar-refractivity contribution in [3.05, 3.63) is 41.5 Å². The second kappa shape index (κ2) is 5.92. The molecule has 0 radical (unpaired) electrons. The molecule has 2 atom stereocenters. The second-order valence-electron chi connectivity index (χ2n) is 6.52. The first kappa shape index (κ1) is 15.2. The lowest BCUT2D eigenvalue weighted by Crippen LogP contribution is -2.39. The van der Waals surface area contributed by atoms with Crippen LogP contribution >= 0.6 is 0 Å². The van der Waals surface area contributed by atoms with Crippen LogP contribution < -0.4 is 4.74 Å². The fraction of sp³-hybridized carbons (Fsp3) is 0.500. The molecule has 6 heteroatoms. The molecule has 0 unspecified atom stereocenters. The lowest BCUT2D eigenvalue weighted by Gasteiger charge is -2.28. The van der Waals surface area contributed by atoms with E-state index in [2.05, 4.69) is 33.8 Å². The highest BCUT2D eigenvalue weighted by molar-refractivity contribution is 5.83. The molecule has 1 amide bonds. The van der Waals surface area contributed by atoms with Crippen molar-refractivity contribution >= 4 is 5.91 Å². The van der Waals surface area contributed by atoms with Gasteiger partial charge in [-0.2, -0.15) is 0 Å². The van der Waals surface area contributed by atoms with Gasteiger partial charge in [0.05, 0.1) is 13.7 Å². The van der Waals surface area contributed by atoms with Gasteiger partial charge >= 0.3 is 0 Å². The minimum absolute atomic E-state index is 0.110. The van der Waals surface area contributed by atoms with Gasteiger partial charge < -0.3 is 14.2 Å². The van der Waals surface area contributed by atoms with Gasteiger partial charge in [-0.15, -0.1) is 10.2 Å². The van der Waals surface area contributed by atoms with E-state index < -0.39 is 0 Å². The number of hydrogen-bond acceptors (Lipinski definition) is 4. The quantitative estimate of drug-likeness (QED) is 0.862. The minimum atomic E-state index is 0.110. The molecule has 0 saturated heterocycles. The Morgan fingerprint density at radius 2 is 2.04 bits per heavy atom. The first-order chi connectivity index (χ1) is 11.7. The summed E-state index contributed by atoms with van der Waals surface area (Å²) in [7, 11) is 1.66. The van der Waals surface area contributed by atoms with Crippen molar-refractivity contribution in [2.24, 2.45) is 5.92 Å². The molecule has 1 fully saturated rings. The number of carbonyl (C=O) groups is 1. The highest BCUT2D eigenvalue weighted by atomic mass is 16.5. The molecular formula is C18H22N4O2. The average molecular weight is 326 g/mol. The van der Waals surface area contributed by atoms with Crippen LogP contribution in [0, 0.1) is 5.92 Å². The summed E-state index contributed by atoms with van der Waals surface area (Å²) in [5.74, 6) is 3.48. The number of ether oxygens (including phenoxy) is 1. The third-order valence-electron chi connectivity index (χ3n) is 5.11. The van der Waals surface area contributed by atoms with Gasteiger partial charge in [-0.1, -0.05) is 19.1 Å². The molecule has 1 aromatic heterocycles. The zero-order valence-electron chi connectivity index (χ0n) is 14.1. The van der Waals surface area contributed by atoms with Crippen molar-refractivity contribution in [2.45, 2.75) is 38.8 Å². The van der Waals surface area contributed by atoms with Crippen LogP contribution in [0.1, 0.15) is 36.5 Å². The number of carbonyl (C=O) groups excluding carboxylic acids is 1. The molecule has 1 saturated carbocycles. The summed E-state index contributed by atoms with van der Waals surface area (Å²) >= 11 is 0. The van der Waals surface area contributed by atoms with Gasteiger partial charge in [-0.05, 0) is 30.0 Å². The van der Waals surface area contributed by atoms with Crippen molar-refractivity contribution in [2.75, 3.05) is 13.7 Å². The van der Waals surface area contributed by atoms with E-state index in [4.69, 9.17) is 4.74 Å². The Morgan fingerprint density at radius 1 is 1.25 bits per heavy atom. The lowest BCUT2D eigenvalue weighted by molar-refractivity contribution is -0.134. The summed E-state index contributed by atoms with van der Waals surface area (Å²) in [5, 5.41) is 8.45. The third kappa shape index (κ3) is 2.56. The molecular weight excluding hydrogens is 304 g/mol. The zero-order chi connectivity index (χ0) is 16.7. The summed E-state index contributed by atoms with van der Waals surface area (Å²) in [6, 6.07) is 8.06. The van der Waals surface area contributed by atoms with Crippen LogP contribution in [0.2, 0.25) is 0 Å². The Hall–Kier alpha value is -2.37. The smallest absolute Gasteiger partial charge is 0.226 e. The van der Waals surface area contributed by atoms with Crippen LogP contribution in [-0.2, 0) is 24.3 Å². The van der Waals surface area contributed by atoms with Gasteiger partial charge in [0.25, 0.3) is 0 Å². The van der Waals surface area contributed by atoms with Gasteiger partial charge in [0.15, 0.2) is 5.82 Å². The fourth-order valence-electron chi connectivity index (χ4n) is 3.59. The van der Waals surface area contributed by atoms with Crippen LogP contribution in [0.25, 0.3) is 0 Å². The van der Waals surface area contributed by atoms with Crippen molar-refractivity contribution < 1.29 is 9.53 Å². The molecule has 24 heavy (non-hydrogen) atoms. The van der Waals surface area contributed by atoms with Gasteiger partial charge in [0, 0.05) is 25.4 Å². The average Bonchev–Trinajstić information content (AvgIpc) is 3.33. The number of benzene rings is 1. The van der Waals surface area contributed by atoms with Crippen molar-refractivity contribution in [3.63, 3.8) is 0 Å². The SMILES string of the molecule is CCc1nnc2n1CCN(C(=O)[C@H]1C[C@H]1c1ccc(OC)cc1)C2. The largest absolute Gasteiger partial charge is 0.497 e. The lowest BCUT2D eigenvalue weighted by atomic mass is 10.1. The molecule has 1 aromatic carbocycles. The minimum Gasteiger partial charge on any atom is -0.497 e. The maximum atomic E-state index is 12.8. The molecule has 2 aliphatic rings. The monoisotopic (exact) mass is 326 g/mol. The molecule has 2 heterocycles. The van der Waals surface area contributed by atoms with Gasteiger partial charge in [-0.3, -0.25) is 4.79 Å². The first-order valence-corrected chi connectivity index (χ1v) is 8.55.